The largest absolute Gasteiger partial charge is 0.462 e. The monoisotopic (exact) mass is 254 g/mol. The van der Waals surface area contributed by atoms with Gasteiger partial charge in [0.05, 0.1) is 12.2 Å². The first-order chi connectivity index (χ1) is 9.24. The predicted molar refractivity (Wildman–Crippen MR) is 77.6 cm³/mol. The van der Waals surface area contributed by atoms with Crippen LogP contribution >= 0.6 is 0 Å². The normalized spacial score (nSPS) is 22.2. The summed E-state index contributed by atoms with van der Waals surface area (Å²) in [5.74, 6) is -0.0439. The molecule has 0 fully saturated rings. The molecule has 1 atom stereocenters. The average molecular weight is 254 g/mol. The van der Waals surface area contributed by atoms with Crippen LogP contribution in [-0.2, 0) is 16.0 Å². The predicted octanol–water partition coefficient (Wildman–Crippen LogP) is 3.55. The topological polar surface area (TPSA) is 26.3 Å². The Balaban J connectivity index is 2.44. The molecule has 1 aliphatic rings. The molecule has 19 heavy (non-hydrogen) atoms. The van der Waals surface area contributed by atoms with Gasteiger partial charge >= 0.3 is 5.97 Å². The maximum absolute atomic E-state index is 11.9. The van der Waals surface area contributed by atoms with Gasteiger partial charge < -0.3 is 4.74 Å². The van der Waals surface area contributed by atoms with Gasteiger partial charge in [0.1, 0.15) is 0 Å². The van der Waals surface area contributed by atoms with Gasteiger partial charge in [-0.25, -0.2) is 4.79 Å². The van der Waals surface area contributed by atoms with E-state index in [0.29, 0.717) is 12.2 Å². The summed E-state index contributed by atoms with van der Waals surface area (Å²) >= 11 is 0. The molecule has 0 spiro atoms. The molecule has 2 nitrogen and oxygen atoms in total. The van der Waals surface area contributed by atoms with Crippen LogP contribution in [0.4, 0.5) is 0 Å². The van der Waals surface area contributed by atoms with Crippen LogP contribution in [-0.4, -0.2) is 12.6 Å². The quantitative estimate of drug-likeness (QED) is 0.609. The molecule has 0 heterocycles. The van der Waals surface area contributed by atoms with Gasteiger partial charge in [-0.1, -0.05) is 42.5 Å². The van der Waals surface area contributed by atoms with Crippen LogP contribution in [0.25, 0.3) is 6.08 Å². The zero-order valence-corrected chi connectivity index (χ0v) is 11.1. The van der Waals surface area contributed by atoms with Gasteiger partial charge in [-0.15, -0.1) is 6.58 Å². The lowest BCUT2D eigenvalue weighted by Crippen LogP contribution is -2.09. The van der Waals surface area contributed by atoms with Crippen LogP contribution in [0.15, 0.2) is 54.6 Å². The van der Waals surface area contributed by atoms with Crippen LogP contribution < -0.4 is 0 Å². The molecule has 0 N–H and O–H groups in total. The molecule has 1 unspecified atom stereocenters. The van der Waals surface area contributed by atoms with E-state index in [1.165, 1.54) is 5.56 Å². The van der Waals surface area contributed by atoms with Crippen molar-refractivity contribution in [2.45, 2.75) is 13.3 Å². The zero-order chi connectivity index (χ0) is 13.7. The Morgan fingerprint density at radius 3 is 3.00 bits per heavy atom. The Hall–Kier alpha value is -2.09. The third-order valence-electron chi connectivity index (χ3n) is 3.16. The van der Waals surface area contributed by atoms with Crippen LogP contribution in [0.1, 0.15) is 18.1 Å². The van der Waals surface area contributed by atoms with Gasteiger partial charge in [0, 0.05) is 0 Å². The molecule has 1 aliphatic carbocycles. The van der Waals surface area contributed by atoms with Crippen molar-refractivity contribution < 1.29 is 9.53 Å². The highest BCUT2D eigenvalue weighted by molar-refractivity contribution is 5.97. The van der Waals surface area contributed by atoms with E-state index < -0.39 is 0 Å². The molecule has 0 amide bonds. The SMILES string of the molecule is C=CC1/C=C\C(C(=O)OCC)=C/c2ccccc2C1. The van der Waals surface area contributed by atoms with E-state index in [4.69, 9.17) is 4.74 Å². The van der Waals surface area contributed by atoms with E-state index >= 15 is 0 Å². The molecule has 0 radical (unpaired) electrons. The third-order valence-corrected chi connectivity index (χ3v) is 3.16. The molecule has 0 aliphatic heterocycles. The van der Waals surface area contributed by atoms with E-state index in [-0.39, 0.29) is 11.9 Å². The number of allylic oxidation sites excluding steroid dienone is 2. The molecule has 0 saturated carbocycles. The highest BCUT2D eigenvalue weighted by Crippen LogP contribution is 2.22. The van der Waals surface area contributed by atoms with Crippen molar-refractivity contribution in [3.8, 4) is 0 Å². The van der Waals surface area contributed by atoms with Gasteiger partial charge in [0.25, 0.3) is 0 Å². The second kappa shape index (κ2) is 6.19. The molecule has 0 bridgehead atoms. The number of fused-ring (bicyclic) bond motifs is 1. The second-order valence-electron chi connectivity index (χ2n) is 4.48. The lowest BCUT2D eigenvalue weighted by atomic mass is 9.91. The second-order valence-corrected chi connectivity index (χ2v) is 4.48. The maximum Gasteiger partial charge on any atom is 0.338 e. The summed E-state index contributed by atoms with van der Waals surface area (Å²) < 4.78 is 5.08. The van der Waals surface area contributed by atoms with Gasteiger partial charge in [-0.3, -0.25) is 0 Å². The molecule has 2 heteroatoms. The van der Waals surface area contributed by atoms with Gasteiger partial charge in [-0.2, -0.15) is 0 Å². The first-order valence-corrected chi connectivity index (χ1v) is 6.52. The number of hydrogen-bond donors (Lipinski definition) is 0. The van der Waals surface area contributed by atoms with Crippen molar-refractivity contribution in [3.05, 3.63) is 65.8 Å². The number of carbonyl (C=O) groups excluding carboxylic acids is 1. The molecular formula is C17H18O2. The maximum atomic E-state index is 11.9. The van der Waals surface area contributed by atoms with Gasteiger partial charge in [-0.05, 0) is 36.5 Å². The number of rotatable bonds is 3. The molecular weight excluding hydrogens is 236 g/mol. The summed E-state index contributed by atoms with van der Waals surface area (Å²) in [6.07, 6.45) is 8.54. The van der Waals surface area contributed by atoms with Crippen molar-refractivity contribution in [3.63, 3.8) is 0 Å². The minimum Gasteiger partial charge on any atom is -0.462 e. The van der Waals surface area contributed by atoms with Crippen LogP contribution in [0.2, 0.25) is 0 Å². The highest BCUT2D eigenvalue weighted by Gasteiger charge is 2.13. The number of benzene rings is 1. The summed E-state index contributed by atoms with van der Waals surface area (Å²) in [6, 6.07) is 8.10. The number of esters is 1. The third kappa shape index (κ3) is 3.22. The van der Waals surface area contributed by atoms with Crippen LogP contribution in [0.3, 0.4) is 0 Å². The van der Waals surface area contributed by atoms with Gasteiger partial charge in [0.15, 0.2) is 0 Å². The summed E-state index contributed by atoms with van der Waals surface area (Å²) in [5.41, 5.74) is 2.88. The summed E-state index contributed by atoms with van der Waals surface area (Å²) in [7, 11) is 0. The highest BCUT2D eigenvalue weighted by atomic mass is 16.5. The minimum atomic E-state index is -0.279. The summed E-state index contributed by atoms with van der Waals surface area (Å²) in [6.45, 7) is 6.05. The average Bonchev–Trinajstić information content (AvgIpc) is 2.40. The number of carbonyl (C=O) groups is 1. The molecule has 2 rings (SSSR count). The fourth-order valence-electron chi connectivity index (χ4n) is 2.13. The van der Waals surface area contributed by atoms with E-state index in [1.54, 1.807) is 0 Å². The van der Waals surface area contributed by atoms with Crippen molar-refractivity contribution in [1.82, 2.24) is 0 Å². The van der Waals surface area contributed by atoms with E-state index in [1.807, 2.05) is 49.4 Å². The Bertz CT molecular complexity index is 538. The molecule has 0 aromatic heterocycles. The minimum absolute atomic E-state index is 0.235. The first kappa shape index (κ1) is 13.3. The standard InChI is InChI=1S/C17H18O2/c1-3-13-9-10-16(17(18)19-4-2)12-15-8-6-5-7-14(15)11-13/h3,5-10,12-13H,1,4,11H2,2H3/b10-9-,16-12+. The Morgan fingerprint density at radius 2 is 2.26 bits per heavy atom. The Labute approximate surface area is 114 Å². The smallest absolute Gasteiger partial charge is 0.338 e. The van der Waals surface area contributed by atoms with E-state index in [0.717, 1.165) is 12.0 Å². The van der Waals surface area contributed by atoms with Crippen molar-refractivity contribution in [2.75, 3.05) is 6.61 Å². The van der Waals surface area contributed by atoms with Crippen molar-refractivity contribution in [1.29, 1.82) is 0 Å². The molecule has 1 aromatic carbocycles. The molecule has 0 saturated heterocycles. The molecule has 1 aromatic rings. The number of ether oxygens (including phenoxy) is 1. The van der Waals surface area contributed by atoms with Crippen LogP contribution in [0, 0.1) is 5.92 Å². The fraction of sp³-hybridized carbons (Fsp3) is 0.235. The molecule has 98 valence electrons. The lowest BCUT2D eigenvalue weighted by molar-refractivity contribution is -0.138. The lowest BCUT2D eigenvalue weighted by Gasteiger charge is -2.14. The van der Waals surface area contributed by atoms with Crippen molar-refractivity contribution >= 4 is 12.0 Å². The summed E-state index contributed by atoms with van der Waals surface area (Å²) in [5, 5.41) is 0. The first-order valence-electron chi connectivity index (χ1n) is 6.52. The Kier molecular flexibility index (Phi) is 4.35. The fourth-order valence-corrected chi connectivity index (χ4v) is 2.13. The summed E-state index contributed by atoms with van der Waals surface area (Å²) in [4.78, 5) is 11.9. The van der Waals surface area contributed by atoms with E-state index in [9.17, 15) is 4.79 Å². The van der Waals surface area contributed by atoms with E-state index in [2.05, 4.69) is 12.6 Å². The van der Waals surface area contributed by atoms with Gasteiger partial charge in [0.2, 0.25) is 0 Å². The Morgan fingerprint density at radius 1 is 1.47 bits per heavy atom. The number of hydrogen-bond acceptors (Lipinski definition) is 2. The van der Waals surface area contributed by atoms with Crippen LogP contribution in [0.5, 0.6) is 0 Å². The zero-order valence-electron chi connectivity index (χ0n) is 11.1. The van der Waals surface area contributed by atoms with Crippen molar-refractivity contribution in [2.24, 2.45) is 5.92 Å².